The molecule has 0 spiro atoms. The molecule has 2 aromatic rings. The van der Waals surface area contributed by atoms with Gasteiger partial charge in [0.25, 0.3) is 0 Å². The van der Waals surface area contributed by atoms with Crippen molar-refractivity contribution in [1.29, 1.82) is 0 Å². The van der Waals surface area contributed by atoms with E-state index in [0.29, 0.717) is 5.56 Å². The van der Waals surface area contributed by atoms with E-state index in [9.17, 15) is 4.79 Å². The summed E-state index contributed by atoms with van der Waals surface area (Å²) in [7, 11) is 0. The van der Waals surface area contributed by atoms with E-state index in [1.54, 1.807) is 12.1 Å². The number of esters is 1. The fraction of sp³-hybridized carbons (Fsp3) is 0.188. The first-order valence-corrected chi connectivity index (χ1v) is 6.03. The minimum Gasteiger partial charge on any atom is -0.459 e. The molecule has 0 aliphatic heterocycles. The van der Waals surface area contributed by atoms with Crippen molar-refractivity contribution in [1.82, 2.24) is 0 Å². The largest absolute Gasteiger partial charge is 0.459 e. The van der Waals surface area contributed by atoms with E-state index in [1.807, 2.05) is 56.3 Å². The van der Waals surface area contributed by atoms with Crippen LogP contribution in [0.4, 0.5) is 0 Å². The molecule has 0 saturated carbocycles. The van der Waals surface area contributed by atoms with Gasteiger partial charge in [-0.05, 0) is 37.1 Å². The van der Waals surface area contributed by atoms with Crippen molar-refractivity contribution in [3.8, 4) is 11.1 Å². The predicted octanol–water partition coefficient (Wildman–Crippen LogP) is 3.92. The number of carbonyl (C=O) groups is 1. The molecule has 2 rings (SSSR count). The highest BCUT2D eigenvalue weighted by atomic mass is 16.5. The second kappa shape index (κ2) is 5.50. The van der Waals surface area contributed by atoms with Crippen molar-refractivity contribution in [3.63, 3.8) is 0 Å². The molecule has 0 aliphatic rings. The SMILES string of the molecule is [13CH3]C([13CH3])OC(=O)c1ccc(-c2ccccc2)cc1. The molecule has 0 aromatic heterocycles. The van der Waals surface area contributed by atoms with Gasteiger partial charge in [-0.2, -0.15) is 0 Å². The Bertz CT molecular complexity index is 513. The number of rotatable bonds is 3. The molecule has 18 heavy (non-hydrogen) atoms. The minimum absolute atomic E-state index is 0.0914. The van der Waals surface area contributed by atoms with Crippen LogP contribution in [0.3, 0.4) is 0 Å². The van der Waals surface area contributed by atoms with E-state index in [4.69, 9.17) is 4.74 Å². The fourth-order valence-corrected chi connectivity index (χ4v) is 1.71. The first kappa shape index (κ1) is 12.4. The average molecular weight is 242 g/mol. The van der Waals surface area contributed by atoms with Gasteiger partial charge < -0.3 is 4.74 Å². The summed E-state index contributed by atoms with van der Waals surface area (Å²) in [6.45, 7) is 3.69. The van der Waals surface area contributed by atoms with Crippen molar-refractivity contribution < 1.29 is 9.53 Å². The van der Waals surface area contributed by atoms with Gasteiger partial charge in [-0.3, -0.25) is 0 Å². The zero-order chi connectivity index (χ0) is 13.0. The Kier molecular flexibility index (Phi) is 3.78. The van der Waals surface area contributed by atoms with Crippen molar-refractivity contribution >= 4 is 5.97 Å². The van der Waals surface area contributed by atoms with Gasteiger partial charge in [0.05, 0.1) is 11.7 Å². The van der Waals surface area contributed by atoms with Crippen LogP contribution in [0.15, 0.2) is 54.6 Å². The lowest BCUT2D eigenvalue weighted by Gasteiger charge is -2.08. The van der Waals surface area contributed by atoms with Crippen LogP contribution < -0.4 is 0 Å². The zero-order valence-corrected chi connectivity index (χ0v) is 10.6. The molecule has 0 fully saturated rings. The lowest BCUT2D eigenvalue weighted by Crippen LogP contribution is -2.11. The van der Waals surface area contributed by atoms with Gasteiger partial charge in [0, 0.05) is 0 Å². The highest BCUT2D eigenvalue weighted by Gasteiger charge is 2.08. The zero-order valence-electron chi connectivity index (χ0n) is 10.6. The quantitative estimate of drug-likeness (QED) is 0.602. The van der Waals surface area contributed by atoms with E-state index >= 15 is 0 Å². The van der Waals surface area contributed by atoms with Gasteiger partial charge in [-0.15, -0.1) is 0 Å². The lowest BCUT2D eigenvalue weighted by molar-refractivity contribution is 0.0378. The number of hydrogen-bond donors (Lipinski definition) is 0. The number of hydrogen-bond acceptors (Lipinski definition) is 2. The summed E-state index contributed by atoms with van der Waals surface area (Å²) in [5.41, 5.74) is 2.82. The fourth-order valence-electron chi connectivity index (χ4n) is 1.71. The molecule has 2 heteroatoms. The van der Waals surface area contributed by atoms with E-state index in [2.05, 4.69) is 0 Å². The molecule has 0 unspecified atom stereocenters. The molecular weight excluding hydrogens is 226 g/mol. The standard InChI is InChI=1S/C16H16O2/c1-12(2)18-16(17)15-10-8-14(9-11-15)13-6-4-3-5-7-13/h3-12H,1-2H3/i1+1,2+1. The predicted molar refractivity (Wildman–Crippen MR) is 72.4 cm³/mol. The van der Waals surface area contributed by atoms with Crippen molar-refractivity contribution in [2.75, 3.05) is 0 Å². The topological polar surface area (TPSA) is 26.3 Å². The lowest BCUT2D eigenvalue weighted by atomic mass is 10.0. The molecule has 92 valence electrons. The first-order valence-electron chi connectivity index (χ1n) is 6.03. The molecule has 0 aliphatic carbocycles. The van der Waals surface area contributed by atoms with Crippen LogP contribution >= 0.6 is 0 Å². The van der Waals surface area contributed by atoms with Crippen LogP contribution in [0.1, 0.15) is 24.2 Å². The molecule has 2 aromatic carbocycles. The van der Waals surface area contributed by atoms with Gasteiger partial charge in [0.2, 0.25) is 0 Å². The Morgan fingerprint density at radius 3 is 2.00 bits per heavy atom. The normalized spacial score (nSPS) is 10.4. The monoisotopic (exact) mass is 242 g/mol. The third-order valence-electron chi connectivity index (χ3n) is 2.57. The van der Waals surface area contributed by atoms with E-state index in [1.165, 1.54) is 0 Å². The summed E-state index contributed by atoms with van der Waals surface area (Å²) in [6, 6.07) is 17.5. The number of ether oxygens (including phenoxy) is 1. The minimum atomic E-state index is -0.274. The van der Waals surface area contributed by atoms with Crippen LogP contribution in [-0.2, 0) is 4.74 Å². The summed E-state index contributed by atoms with van der Waals surface area (Å²) < 4.78 is 5.14. The highest BCUT2D eigenvalue weighted by Crippen LogP contribution is 2.19. The first-order chi connectivity index (χ1) is 8.66. The second-order valence-corrected chi connectivity index (χ2v) is 4.40. The molecule has 0 radical (unpaired) electrons. The second-order valence-electron chi connectivity index (χ2n) is 4.40. The molecule has 0 amide bonds. The molecule has 0 saturated heterocycles. The molecule has 0 atom stereocenters. The van der Waals surface area contributed by atoms with Crippen molar-refractivity contribution in [3.05, 3.63) is 60.2 Å². The van der Waals surface area contributed by atoms with Crippen LogP contribution in [0, 0.1) is 0 Å². The van der Waals surface area contributed by atoms with Gasteiger partial charge in [0.1, 0.15) is 0 Å². The Morgan fingerprint density at radius 2 is 1.44 bits per heavy atom. The molecule has 0 N–H and O–H groups in total. The van der Waals surface area contributed by atoms with Crippen LogP contribution in [0.2, 0.25) is 0 Å². The van der Waals surface area contributed by atoms with Gasteiger partial charge in [-0.25, -0.2) is 4.79 Å². The summed E-state index contributed by atoms with van der Waals surface area (Å²) in [5.74, 6) is -0.274. The molecule has 2 nitrogen and oxygen atoms in total. The van der Waals surface area contributed by atoms with E-state index < -0.39 is 0 Å². The van der Waals surface area contributed by atoms with Gasteiger partial charge >= 0.3 is 5.97 Å². The smallest absolute Gasteiger partial charge is 0.338 e. The van der Waals surface area contributed by atoms with Gasteiger partial charge in [0.15, 0.2) is 0 Å². The summed E-state index contributed by atoms with van der Waals surface area (Å²) in [4.78, 5) is 11.7. The molecule has 0 heterocycles. The van der Waals surface area contributed by atoms with Gasteiger partial charge in [-0.1, -0.05) is 42.5 Å². The molecule has 0 bridgehead atoms. The van der Waals surface area contributed by atoms with E-state index in [-0.39, 0.29) is 12.1 Å². The molecular formula is C16H16O2. The number of carbonyl (C=O) groups excluding carboxylic acids is 1. The number of benzene rings is 2. The Labute approximate surface area is 107 Å². The van der Waals surface area contributed by atoms with Crippen LogP contribution in [-0.4, -0.2) is 12.1 Å². The van der Waals surface area contributed by atoms with Crippen molar-refractivity contribution in [2.24, 2.45) is 0 Å². The Balaban J connectivity index is 2.18. The Morgan fingerprint density at radius 1 is 0.889 bits per heavy atom. The van der Waals surface area contributed by atoms with Crippen LogP contribution in [0.25, 0.3) is 11.1 Å². The third kappa shape index (κ3) is 2.98. The maximum atomic E-state index is 11.7. The highest BCUT2D eigenvalue weighted by molar-refractivity contribution is 5.90. The Hall–Kier alpha value is -2.09. The summed E-state index contributed by atoms with van der Waals surface area (Å²) in [6.07, 6.45) is -0.0914. The average Bonchev–Trinajstić information content (AvgIpc) is 2.39. The maximum absolute atomic E-state index is 11.7. The maximum Gasteiger partial charge on any atom is 0.338 e. The van der Waals surface area contributed by atoms with Crippen molar-refractivity contribution in [2.45, 2.75) is 20.0 Å². The van der Waals surface area contributed by atoms with Crippen LogP contribution in [0.5, 0.6) is 0 Å². The third-order valence-corrected chi connectivity index (χ3v) is 2.57. The summed E-state index contributed by atoms with van der Waals surface area (Å²) >= 11 is 0. The summed E-state index contributed by atoms with van der Waals surface area (Å²) in [5, 5.41) is 0. The van der Waals surface area contributed by atoms with E-state index in [0.717, 1.165) is 11.1 Å².